The van der Waals surface area contributed by atoms with Gasteiger partial charge in [0.1, 0.15) is 5.54 Å². The molecular formula is C11H17NO3. The lowest BCUT2D eigenvalue weighted by Gasteiger charge is -2.34. The van der Waals surface area contributed by atoms with Gasteiger partial charge in [0.05, 0.1) is 0 Å². The molecule has 0 aromatic rings. The van der Waals surface area contributed by atoms with Crippen LogP contribution in [0.1, 0.15) is 44.9 Å². The van der Waals surface area contributed by atoms with Crippen molar-refractivity contribution >= 4 is 11.9 Å². The Kier molecular flexibility index (Phi) is 2.67. The molecule has 0 unspecified atom stereocenters. The summed E-state index contributed by atoms with van der Waals surface area (Å²) in [4.78, 5) is 22.8. The zero-order chi connectivity index (χ0) is 10.9. The zero-order valence-corrected chi connectivity index (χ0v) is 8.79. The molecule has 2 aliphatic rings. The Morgan fingerprint density at radius 2 is 1.73 bits per heavy atom. The average Bonchev–Trinajstić information content (AvgIpc) is 3.02. The van der Waals surface area contributed by atoms with Crippen molar-refractivity contribution in [1.29, 1.82) is 0 Å². The van der Waals surface area contributed by atoms with Gasteiger partial charge in [-0.3, -0.25) is 4.79 Å². The van der Waals surface area contributed by atoms with Gasteiger partial charge in [-0.25, -0.2) is 4.79 Å². The minimum absolute atomic E-state index is 0.0562. The first kappa shape index (κ1) is 10.5. The van der Waals surface area contributed by atoms with Gasteiger partial charge in [0.25, 0.3) is 0 Å². The van der Waals surface area contributed by atoms with Gasteiger partial charge in [0.15, 0.2) is 0 Å². The van der Waals surface area contributed by atoms with Crippen LogP contribution < -0.4 is 5.32 Å². The third kappa shape index (κ3) is 2.13. The first-order valence-electron chi connectivity index (χ1n) is 5.69. The van der Waals surface area contributed by atoms with Crippen LogP contribution in [-0.2, 0) is 9.59 Å². The quantitative estimate of drug-likeness (QED) is 0.739. The van der Waals surface area contributed by atoms with E-state index >= 15 is 0 Å². The summed E-state index contributed by atoms with van der Waals surface area (Å²) in [5, 5.41) is 12.0. The molecule has 4 nitrogen and oxygen atoms in total. The largest absolute Gasteiger partial charge is 0.480 e. The summed E-state index contributed by atoms with van der Waals surface area (Å²) >= 11 is 0. The standard InChI is InChI=1S/C11H17NO3/c13-9(8-4-5-8)12-11(10(14)15)6-2-1-3-7-11/h8H,1-7H2,(H,12,13)(H,14,15). The van der Waals surface area contributed by atoms with Crippen LogP contribution in [0.15, 0.2) is 0 Å². The van der Waals surface area contributed by atoms with Crippen molar-refractivity contribution in [2.45, 2.75) is 50.5 Å². The molecule has 0 aliphatic heterocycles. The van der Waals surface area contributed by atoms with E-state index in [0.717, 1.165) is 32.1 Å². The Morgan fingerprint density at radius 3 is 2.20 bits per heavy atom. The van der Waals surface area contributed by atoms with Gasteiger partial charge >= 0.3 is 5.97 Å². The van der Waals surface area contributed by atoms with E-state index in [1.807, 2.05) is 0 Å². The molecular weight excluding hydrogens is 194 g/mol. The van der Waals surface area contributed by atoms with Gasteiger partial charge in [0, 0.05) is 5.92 Å². The summed E-state index contributed by atoms with van der Waals surface area (Å²) in [5.74, 6) is -0.835. The number of nitrogens with one attached hydrogen (secondary N) is 1. The molecule has 2 saturated carbocycles. The number of amides is 1. The molecule has 2 aliphatic carbocycles. The predicted octanol–water partition coefficient (Wildman–Crippen LogP) is 1.30. The van der Waals surface area contributed by atoms with E-state index in [1.54, 1.807) is 0 Å². The van der Waals surface area contributed by atoms with Gasteiger partial charge in [0.2, 0.25) is 5.91 Å². The zero-order valence-electron chi connectivity index (χ0n) is 8.79. The Balaban J connectivity index is 2.03. The maximum Gasteiger partial charge on any atom is 0.329 e. The molecule has 4 heteroatoms. The van der Waals surface area contributed by atoms with Crippen LogP contribution in [0.25, 0.3) is 0 Å². The summed E-state index contributed by atoms with van der Waals surface area (Å²) in [6, 6.07) is 0. The van der Waals surface area contributed by atoms with Crippen LogP contribution in [0.3, 0.4) is 0 Å². The topological polar surface area (TPSA) is 66.4 Å². The van der Waals surface area contributed by atoms with E-state index in [-0.39, 0.29) is 11.8 Å². The highest BCUT2D eigenvalue weighted by atomic mass is 16.4. The number of carboxylic acid groups (broad SMARTS) is 1. The predicted molar refractivity (Wildman–Crippen MR) is 54.3 cm³/mol. The van der Waals surface area contributed by atoms with Gasteiger partial charge in [-0.1, -0.05) is 19.3 Å². The fraction of sp³-hybridized carbons (Fsp3) is 0.818. The Bertz CT molecular complexity index is 278. The van der Waals surface area contributed by atoms with Crippen molar-refractivity contribution in [3.05, 3.63) is 0 Å². The lowest BCUT2D eigenvalue weighted by Crippen LogP contribution is -2.56. The second kappa shape index (κ2) is 3.83. The molecule has 0 saturated heterocycles. The molecule has 0 aromatic heterocycles. The van der Waals surface area contributed by atoms with Gasteiger partial charge in [-0.15, -0.1) is 0 Å². The van der Waals surface area contributed by atoms with Gasteiger partial charge in [-0.05, 0) is 25.7 Å². The highest BCUT2D eigenvalue weighted by Gasteiger charge is 2.43. The molecule has 84 valence electrons. The van der Waals surface area contributed by atoms with E-state index in [1.165, 1.54) is 0 Å². The Labute approximate surface area is 89.0 Å². The molecule has 15 heavy (non-hydrogen) atoms. The van der Waals surface area contributed by atoms with Crippen molar-refractivity contribution in [3.63, 3.8) is 0 Å². The van der Waals surface area contributed by atoms with Crippen molar-refractivity contribution in [2.24, 2.45) is 5.92 Å². The molecule has 0 atom stereocenters. The van der Waals surface area contributed by atoms with E-state index < -0.39 is 11.5 Å². The second-order valence-corrected chi connectivity index (χ2v) is 4.71. The van der Waals surface area contributed by atoms with Crippen LogP contribution in [0.2, 0.25) is 0 Å². The number of aliphatic carboxylic acids is 1. The summed E-state index contributed by atoms with van der Waals surface area (Å²) in [5.41, 5.74) is -0.960. The number of carbonyl (C=O) groups is 2. The van der Waals surface area contributed by atoms with Crippen LogP contribution in [-0.4, -0.2) is 22.5 Å². The lowest BCUT2D eigenvalue weighted by molar-refractivity contribution is -0.149. The highest BCUT2D eigenvalue weighted by molar-refractivity contribution is 5.89. The number of rotatable bonds is 3. The van der Waals surface area contributed by atoms with Gasteiger partial charge in [-0.2, -0.15) is 0 Å². The maximum atomic E-state index is 11.6. The molecule has 2 rings (SSSR count). The number of carboxylic acids is 1. The second-order valence-electron chi connectivity index (χ2n) is 4.71. The third-order valence-corrected chi connectivity index (χ3v) is 3.43. The normalized spacial score (nSPS) is 24.5. The van der Waals surface area contributed by atoms with Gasteiger partial charge < -0.3 is 10.4 Å². The van der Waals surface area contributed by atoms with E-state index in [9.17, 15) is 14.7 Å². The Morgan fingerprint density at radius 1 is 1.13 bits per heavy atom. The fourth-order valence-corrected chi connectivity index (χ4v) is 2.23. The molecule has 2 N–H and O–H groups in total. The molecule has 0 radical (unpaired) electrons. The molecule has 2 fully saturated rings. The number of hydrogen-bond acceptors (Lipinski definition) is 2. The minimum atomic E-state index is -0.960. The average molecular weight is 211 g/mol. The monoisotopic (exact) mass is 211 g/mol. The number of carbonyl (C=O) groups excluding carboxylic acids is 1. The summed E-state index contributed by atoms with van der Waals surface area (Å²) in [6.45, 7) is 0. The van der Waals surface area contributed by atoms with Crippen molar-refractivity contribution in [2.75, 3.05) is 0 Å². The lowest BCUT2D eigenvalue weighted by atomic mass is 9.81. The summed E-state index contributed by atoms with van der Waals surface area (Å²) in [7, 11) is 0. The van der Waals surface area contributed by atoms with E-state index in [0.29, 0.717) is 12.8 Å². The molecule has 0 spiro atoms. The SMILES string of the molecule is O=C(NC1(C(=O)O)CCCCC1)C1CC1. The third-order valence-electron chi connectivity index (χ3n) is 3.43. The van der Waals surface area contributed by atoms with Crippen molar-refractivity contribution in [3.8, 4) is 0 Å². The number of hydrogen-bond donors (Lipinski definition) is 2. The van der Waals surface area contributed by atoms with Crippen LogP contribution in [0.5, 0.6) is 0 Å². The highest BCUT2D eigenvalue weighted by Crippen LogP contribution is 2.33. The molecule has 0 bridgehead atoms. The van der Waals surface area contributed by atoms with Crippen LogP contribution in [0, 0.1) is 5.92 Å². The first-order valence-corrected chi connectivity index (χ1v) is 5.69. The summed E-state index contributed by atoms with van der Waals surface area (Å²) in [6.07, 6.45) is 5.88. The van der Waals surface area contributed by atoms with Crippen molar-refractivity contribution < 1.29 is 14.7 Å². The minimum Gasteiger partial charge on any atom is -0.480 e. The Hall–Kier alpha value is -1.06. The van der Waals surface area contributed by atoms with Crippen LogP contribution in [0.4, 0.5) is 0 Å². The molecule has 1 amide bonds. The van der Waals surface area contributed by atoms with Crippen LogP contribution >= 0.6 is 0 Å². The smallest absolute Gasteiger partial charge is 0.329 e. The first-order chi connectivity index (χ1) is 7.14. The van der Waals surface area contributed by atoms with E-state index in [4.69, 9.17) is 0 Å². The van der Waals surface area contributed by atoms with E-state index in [2.05, 4.69) is 5.32 Å². The molecule has 0 aromatic carbocycles. The summed E-state index contributed by atoms with van der Waals surface area (Å²) < 4.78 is 0. The maximum absolute atomic E-state index is 11.6. The fourth-order valence-electron chi connectivity index (χ4n) is 2.23. The molecule has 0 heterocycles. The van der Waals surface area contributed by atoms with Crippen molar-refractivity contribution in [1.82, 2.24) is 5.32 Å².